The van der Waals surface area contributed by atoms with Crippen molar-refractivity contribution in [2.75, 3.05) is 0 Å². The van der Waals surface area contributed by atoms with Gasteiger partial charge in [0.15, 0.2) is 0 Å². The molecular formula is C15H21N. The van der Waals surface area contributed by atoms with Crippen LogP contribution in [0.5, 0.6) is 0 Å². The van der Waals surface area contributed by atoms with E-state index in [0.717, 1.165) is 0 Å². The van der Waals surface area contributed by atoms with Crippen LogP contribution in [0.3, 0.4) is 0 Å². The van der Waals surface area contributed by atoms with Gasteiger partial charge >= 0.3 is 0 Å². The Bertz CT molecular complexity index is 429. The zero-order valence-electron chi connectivity index (χ0n) is 10.7. The highest BCUT2D eigenvalue weighted by atomic mass is 14.6. The van der Waals surface area contributed by atoms with Gasteiger partial charge in [0.2, 0.25) is 0 Å². The SMILES string of the molecule is CC.CCC(C)c1cccc2ccncc12. The maximum atomic E-state index is 4.19. The molecule has 1 heterocycles. The van der Waals surface area contributed by atoms with Crippen molar-refractivity contribution in [3.63, 3.8) is 0 Å². The Balaban J connectivity index is 0.000000606. The van der Waals surface area contributed by atoms with Crippen molar-refractivity contribution in [3.8, 4) is 0 Å². The Morgan fingerprint density at radius 1 is 1.19 bits per heavy atom. The molecule has 1 unspecified atom stereocenters. The molecule has 0 N–H and O–H groups in total. The maximum Gasteiger partial charge on any atom is 0.0349 e. The summed E-state index contributed by atoms with van der Waals surface area (Å²) in [6.45, 7) is 8.49. The average Bonchev–Trinajstić information content (AvgIpc) is 2.39. The predicted octanol–water partition coefficient (Wildman–Crippen LogP) is 4.77. The van der Waals surface area contributed by atoms with Gasteiger partial charge in [0, 0.05) is 17.8 Å². The first kappa shape index (κ1) is 12.7. The zero-order valence-corrected chi connectivity index (χ0v) is 10.7. The van der Waals surface area contributed by atoms with Crippen LogP contribution in [-0.2, 0) is 0 Å². The van der Waals surface area contributed by atoms with Crippen LogP contribution < -0.4 is 0 Å². The van der Waals surface area contributed by atoms with Crippen LogP contribution in [-0.4, -0.2) is 4.98 Å². The molecule has 0 spiro atoms. The molecule has 1 aromatic carbocycles. The first-order valence-corrected chi connectivity index (χ1v) is 6.15. The lowest BCUT2D eigenvalue weighted by molar-refractivity contribution is 0.739. The fourth-order valence-corrected chi connectivity index (χ4v) is 1.79. The Hall–Kier alpha value is -1.37. The van der Waals surface area contributed by atoms with E-state index in [4.69, 9.17) is 0 Å². The molecule has 0 saturated heterocycles. The lowest BCUT2D eigenvalue weighted by atomic mass is 9.94. The molecule has 86 valence electrons. The molecule has 16 heavy (non-hydrogen) atoms. The van der Waals surface area contributed by atoms with Crippen molar-refractivity contribution < 1.29 is 0 Å². The van der Waals surface area contributed by atoms with Gasteiger partial charge in [-0.2, -0.15) is 0 Å². The van der Waals surface area contributed by atoms with E-state index < -0.39 is 0 Å². The Labute approximate surface area is 98.5 Å². The Morgan fingerprint density at radius 2 is 1.94 bits per heavy atom. The first-order valence-electron chi connectivity index (χ1n) is 6.15. The monoisotopic (exact) mass is 215 g/mol. The molecule has 0 radical (unpaired) electrons. The summed E-state index contributed by atoms with van der Waals surface area (Å²) < 4.78 is 0. The van der Waals surface area contributed by atoms with Crippen LogP contribution >= 0.6 is 0 Å². The number of hydrogen-bond donors (Lipinski definition) is 0. The highest BCUT2D eigenvalue weighted by Crippen LogP contribution is 2.26. The summed E-state index contributed by atoms with van der Waals surface area (Å²) in [5, 5.41) is 2.59. The number of benzene rings is 1. The number of hydrogen-bond acceptors (Lipinski definition) is 1. The predicted molar refractivity (Wildman–Crippen MR) is 71.8 cm³/mol. The molecule has 0 aliphatic rings. The second kappa shape index (κ2) is 6.26. The van der Waals surface area contributed by atoms with E-state index in [2.05, 4.69) is 43.1 Å². The first-order chi connectivity index (χ1) is 7.83. The zero-order chi connectivity index (χ0) is 12.0. The van der Waals surface area contributed by atoms with Crippen LogP contribution in [0.25, 0.3) is 10.8 Å². The van der Waals surface area contributed by atoms with Gasteiger partial charge in [0.05, 0.1) is 0 Å². The molecule has 0 bridgehead atoms. The quantitative estimate of drug-likeness (QED) is 0.703. The van der Waals surface area contributed by atoms with E-state index in [-0.39, 0.29) is 0 Å². The van der Waals surface area contributed by atoms with Crippen molar-refractivity contribution in [2.45, 2.75) is 40.0 Å². The number of pyridine rings is 1. The summed E-state index contributed by atoms with van der Waals surface area (Å²) >= 11 is 0. The molecule has 1 atom stereocenters. The van der Waals surface area contributed by atoms with Crippen LogP contribution in [0, 0.1) is 0 Å². The Kier molecular flexibility index (Phi) is 4.97. The normalized spacial score (nSPS) is 11.8. The van der Waals surface area contributed by atoms with Crippen molar-refractivity contribution in [1.82, 2.24) is 4.98 Å². The maximum absolute atomic E-state index is 4.19. The minimum absolute atomic E-state index is 0.614. The third-order valence-corrected chi connectivity index (χ3v) is 2.86. The molecule has 0 aliphatic carbocycles. The third kappa shape index (κ3) is 2.60. The van der Waals surface area contributed by atoms with Gasteiger partial charge in [-0.1, -0.05) is 45.9 Å². The summed E-state index contributed by atoms with van der Waals surface area (Å²) in [6.07, 6.45) is 4.99. The van der Waals surface area contributed by atoms with E-state index in [9.17, 15) is 0 Å². The second-order valence-corrected chi connectivity index (χ2v) is 3.75. The molecule has 0 aliphatic heterocycles. The third-order valence-electron chi connectivity index (χ3n) is 2.86. The van der Waals surface area contributed by atoms with Gasteiger partial charge in [-0.3, -0.25) is 4.98 Å². The minimum atomic E-state index is 0.614. The lowest BCUT2D eigenvalue weighted by Crippen LogP contribution is -1.92. The van der Waals surface area contributed by atoms with Crippen molar-refractivity contribution in [1.29, 1.82) is 0 Å². The molecule has 1 nitrogen and oxygen atoms in total. The largest absolute Gasteiger partial charge is 0.264 e. The highest BCUT2D eigenvalue weighted by Gasteiger charge is 2.06. The molecule has 0 fully saturated rings. The summed E-state index contributed by atoms with van der Waals surface area (Å²) in [5.41, 5.74) is 1.41. The van der Waals surface area contributed by atoms with E-state index in [1.54, 1.807) is 0 Å². The van der Waals surface area contributed by atoms with E-state index in [0.29, 0.717) is 5.92 Å². The van der Waals surface area contributed by atoms with Gasteiger partial charge in [0.25, 0.3) is 0 Å². The topological polar surface area (TPSA) is 12.9 Å². The lowest BCUT2D eigenvalue weighted by Gasteiger charge is -2.11. The minimum Gasteiger partial charge on any atom is -0.264 e. The van der Waals surface area contributed by atoms with Gasteiger partial charge in [-0.15, -0.1) is 0 Å². The molecule has 1 aromatic heterocycles. The number of fused-ring (bicyclic) bond motifs is 1. The van der Waals surface area contributed by atoms with Crippen LogP contribution in [0.2, 0.25) is 0 Å². The van der Waals surface area contributed by atoms with Gasteiger partial charge in [-0.05, 0) is 29.4 Å². The number of nitrogens with zero attached hydrogens (tertiary/aromatic N) is 1. The molecule has 0 amide bonds. The molecule has 0 saturated carbocycles. The standard InChI is InChI=1S/C13H15N.C2H6/c1-3-10(2)12-6-4-5-11-7-8-14-9-13(11)12;1-2/h4-10H,3H2,1-2H3;1-2H3. The van der Waals surface area contributed by atoms with Crippen molar-refractivity contribution in [3.05, 3.63) is 42.2 Å². The molecule has 2 rings (SSSR count). The number of rotatable bonds is 2. The van der Waals surface area contributed by atoms with Crippen LogP contribution in [0.1, 0.15) is 45.6 Å². The van der Waals surface area contributed by atoms with Crippen LogP contribution in [0.4, 0.5) is 0 Å². The smallest absolute Gasteiger partial charge is 0.0349 e. The second-order valence-electron chi connectivity index (χ2n) is 3.75. The average molecular weight is 215 g/mol. The van der Waals surface area contributed by atoms with E-state index in [1.165, 1.54) is 22.8 Å². The molecule has 1 heteroatoms. The Morgan fingerprint density at radius 3 is 2.62 bits per heavy atom. The van der Waals surface area contributed by atoms with Gasteiger partial charge < -0.3 is 0 Å². The fourth-order valence-electron chi connectivity index (χ4n) is 1.79. The summed E-state index contributed by atoms with van der Waals surface area (Å²) in [4.78, 5) is 4.19. The van der Waals surface area contributed by atoms with Gasteiger partial charge in [0.1, 0.15) is 0 Å². The van der Waals surface area contributed by atoms with Crippen LogP contribution in [0.15, 0.2) is 36.7 Å². The summed E-state index contributed by atoms with van der Waals surface area (Å²) in [7, 11) is 0. The summed E-state index contributed by atoms with van der Waals surface area (Å²) in [6, 6.07) is 8.55. The molecular weight excluding hydrogens is 194 g/mol. The van der Waals surface area contributed by atoms with Crippen molar-refractivity contribution in [2.24, 2.45) is 0 Å². The molecule has 2 aromatic rings. The van der Waals surface area contributed by atoms with Gasteiger partial charge in [-0.25, -0.2) is 0 Å². The highest BCUT2D eigenvalue weighted by molar-refractivity contribution is 5.85. The van der Waals surface area contributed by atoms with E-state index in [1.807, 2.05) is 26.2 Å². The van der Waals surface area contributed by atoms with E-state index >= 15 is 0 Å². The number of aromatic nitrogens is 1. The van der Waals surface area contributed by atoms with Crippen molar-refractivity contribution >= 4 is 10.8 Å². The summed E-state index contributed by atoms with van der Waals surface area (Å²) in [5.74, 6) is 0.614. The fraction of sp³-hybridized carbons (Fsp3) is 0.400.